The van der Waals surface area contributed by atoms with Crippen LogP contribution in [0.15, 0.2) is 96.1 Å². The van der Waals surface area contributed by atoms with Crippen molar-refractivity contribution in [3.05, 3.63) is 102 Å². The topological polar surface area (TPSA) is 73.2 Å². The second kappa shape index (κ2) is 9.09. The van der Waals surface area contributed by atoms with E-state index in [0.29, 0.717) is 11.4 Å². The van der Waals surface area contributed by atoms with E-state index < -0.39 is 0 Å². The maximum atomic E-state index is 12.6. The van der Waals surface area contributed by atoms with Crippen molar-refractivity contribution in [2.45, 2.75) is 6.54 Å². The van der Waals surface area contributed by atoms with Crippen molar-refractivity contribution in [1.82, 2.24) is 9.55 Å². The first kappa shape index (κ1) is 20.1. The second-order valence-corrected chi connectivity index (χ2v) is 6.93. The lowest BCUT2D eigenvalue weighted by atomic mass is 10.0. The largest absolute Gasteiger partial charge is 0.497 e. The molecule has 0 atom stereocenters. The van der Waals surface area contributed by atoms with E-state index in [2.05, 4.69) is 10.3 Å². The fourth-order valence-electron chi connectivity index (χ4n) is 3.27. The standard InChI is InChI=1S/C25H21N3O3/c1-31-20-13-11-19(12-14-20)23-15-25(30)28(17-26-23)16-24(29)27-22-10-6-5-9-21(22)18-7-3-2-4-8-18/h2-15,17H,16H2,1H3,(H,27,29). The summed E-state index contributed by atoms with van der Waals surface area (Å²) in [7, 11) is 1.59. The van der Waals surface area contributed by atoms with Crippen molar-refractivity contribution in [3.63, 3.8) is 0 Å². The third kappa shape index (κ3) is 4.70. The van der Waals surface area contributed by atoms with E-state index in [-0.39, 0.29) is 18.0 Å². The van der Waals surface area contributed by atoms with Crippen LogP contribution in [0.3, 0.4) is 0 Å². The number of para-hydroxylation sites is 1. The lowest BCUT2D eigenvalue weighted by Gasteiger charge is -2.12. The van der Waals surface area contributed by atoms with E-state index in [1.54, 1.807) is 19.2 Å². The number of carbonyl (C=O) groups excluding carboxylic acids is 1. The zero-order valence-corrected chi connectivity index (χ0v) is 17.0. The Morgan fingerprint density at radius 2 is 1.65 bits per heavy atom. The lowest BCUT2D eigenvalue weighted by Crippen LogP contribution is -2.27. The molecule has 0 saturated heterocycles. The number of anilines is 1. The molecule has 1 heterocycles. The minimum Gasteiger partial charge on any atom is -0.497 e. The van der Waals surface area contributed by atoms with Gasteiger partial charge in [0.25, 0.3) is 5.56 Å². The van der Waals surface area contributed by atoms with Crippen molar-refractivity contribution in [2.75, 3.05) is 12.4 Å². The molecule has 0 aliphatic rings. The number of ether oxygens (including phenoxy) is 1. The summed E-state index contributed by atoms with van der Waals surface area (Å²) in [5.41, 5.74) is 3.64. The Morgan fingerprint density at radius 1 is 0.935 bits per heavy atom. The number of aromatic nitrogens is 2. The highest BCUT2D eigenvalue weighted by atomic mass is 16.5. The first-order valence-corrected chi connectivity index (χ1v) is 9.79. The van der Waals surface area contributed by atoms with E-state index in [4.69, 9.17) is 4.74 Å². The Bertz CT molecular complexity index is 1250. The van der Waals surface area contributed by atoms with E-state index in [0.717, 1.165) is 22.4 Å². The average molecular weight is 411 g/mol. The molecule has 0 unspecified atom stereocenters. The van der Waals surface area contributed by atoms with Crippen LogP contribution in [-0.2, 0) is 11.3 Å². The van der Waals surface area contributed by atoms with Gasteiger partial charge in [-0.3, -0.25) is 14.2 Å². The summed E-state index contributed by atoms with van der Waals surface area (Å²) in [4.78, 5) is 29.5. The molecule has 31 heavy (non-hydrogen) atoms. The van der Waals surface area contributed by atoms with Crippen molar-refractivity contribution >= 4 is 11.6 Å². The van der Waals surface area contributed by atoms with Gasteiger partial charge in [0, 0.05) is 22.9 Å². The van der Waals surface area contributed by atoms with Crippen LogP contribution >= 0.6 is 0 Å². The molecule has 1 aromatic heterocycles. The molecule has 0 spiro atoms. The molecule has 0 aliphatic heterocycles. The zero-order chi connectivity index (χ0) is 21.6. The number of rotatable bonds is 6. The predicted molar refractivity (Wildman–Crippen MR) is 121 cm³/mol. The molecule has 4 aromatic rings. The maximum Gasteiger partial charge on any atom is 0.254 e. The van der Waals surface area contributed by atoms with E-state index in [1.807, 2.05) is 66.7 Å². The fraction of sp³-hybridized carbons (Fsp3) is 0.0800. The molecule has 154 valence electrons. The van der Waals surface area contributed by atoms with Gasteiger partial charge in [0.1, 0.15) is 12.3 Å². The van der Waals surface area contributed by atoms with Gasteiger partial charge in [-0.15, -0.1) is 0 Å². The van der Waals surface area contributed by atoms with Crippen LogP contribution in [0.4, 0.5) is 5.69 Å². The summed E-state index contributed by atoms with van der Waals surface area (Å²) in [5.74, 6) is 0.425. The van der Waals surface area contributed by atoms with Crippen molar-refractivity contribution in [1.29, 1.82) is 0 Å². The van der Waals surface area contributed by atoms with Gasteiger partial charge >= 0.3 is 0 Å². The number of carbonyl (C=O) groups is 1. The molecular formula is C25H21N3O3. The summed E-state index contributed by atoms with van der Waals surface area (Å²) >= 11 is 0. The predicted octanol–water partition coefficient (Wildman–Crippen LogP) is 4.22. The summed E-state index contributed by atoms with van der Waals surface area (Å²) in [6.07, 6.45) is 1.39. The molecule has 1 N–H and O–H groups in total. The Balaban J connectivity index is 1.50. The van der Waals surface area contributed by atoms with E-state index in [9.17, 15) is 9.59 Å². The minimum absolute atomic E-state index is 0.127. The molecule has 0 fully saturated rings. The molecule has 0 saturated carbocycles. The smallest absolute Gasteiger partial charge is 0.254 e. The van der Waals surface area contributed by atoms with Gasteiger partial charge in [-0.05, 0) is 35.9 Å². The van der Waals surface area contributed by atoms with Crippen molar-refractivity contribution in [3.8, 4) is 28.1 Å². The Labute approximate surface area is 179 Å². The second-order valence-electron chi connectivity index (χ2n) is 6.93. The lowest BCUT2D eigenvalue weighted by molar-refractivity contribution is -0.116. The van der Waals surface area contributed by atoms with Crippen LogP contribution in [0.1, 0.15) is 0 Å². The molecule has 3 aromatic carbocycles. The molecule has 0 radical (unpaired) electrons. The fourth-order valence-corrected chi connectivity index (χ4v) is 3.27. The summed E-state index contributed by atoms with van der Waals surface area (Å²) < 4.78 is 6.43. The average Bonchev–Trinajstić information content (AvgIpc) is 2.81. The number of hydrogen-bond acceptors (Lipinski definition) is 4. The summed E-state index contributed by atoms with van der Waals surface area (Å²) in [5, 5.41) is 2.90. The van der Waals surface area contributed by atoms with Gasteiger partial charge in [-0.2, -0.15) is 0 Å². The molecule has 6 heteroatoms. The molecule has 0 bridgehead atoms. The van der Waals surface area contributed by atoms with Crippen LogP contribution in [0.2, 0.25) is 0 Å². The van der Waals surface area contributed by atoms with Crippen LogP contribution in [0.5, 0.6) is 5.75 Å². The number of methoxy groups -OCH3 is 1. The highest BCUT2D eigenvalue weighted by Crippen LogP contribution is 2.27. The van der Waals surface area contributed by atoms with Crippen LogP contribution in [0, 0.1) is 0 Å². The van der Waals surface area contributed by atoms with E-state index >= 15 is 0 Å². The monoisotopic (exact) mass is 411 g/mol. The highest BCUT2D eigenvalue weighted by Gasteiger charge is 2.11. The van der Waals surface area contributed by atoms with Gasteiger partial charge in [0.05, 0.1) is 19.1 Å². The van der Waals surface area contributed by atoms with Gasteiger partial charge in [-0.25, -0.2) is 4.98 Å². The summed E-state index contributed by atoms with van der Waals surface area (Å²) in [6, 6.07) is 26.1. The van der Waals surface area contributed by atoms with Crippen LogP contribution in [-0.4, -0.2) is 22.6 Å². The van der Waals surface area contributed by atoms with Crippen LogP contribution in [0.25, 0.3) is 22.4 Å². The maximum absolute atomic E-state index is 12.6. The SMILES string of the molecule is COc1ccc(-c2cc(=O)n(CC(=O)Nc3ccccc3-c3ccccc3)cn2)cc1. The van der Waals surface area contributed by atoms with Crippen molar-refractivity contribution in [2.24, 2.45) is 0 Å². The van der Waals surface area contributed by atoms with Gasteiger partial charge in [-0.1, -0.05) is 48.5 Å². The molecule has 0 aliphatic carbocycles. The molecular weight excluding hydrogens is 390 g/mol. The molecule has 4 rings (SSSR count). The first-order valence-electron chi connectivity index (χ1n) is 9.79. The van der Waals surface area contributed by atoms with Crippen LogP contribution < -0.4 is 15.6 Å². The third-order valence-corrected chi connectivity index (χ3v) is 4.87. The number of hydrogen-bond donors (Lipinski definition) is 1. The van der Waals surface area contributed by atoms with Gasteiger partial charge < -0.3 is 10.1 Å². The normalized spacial score (nSPS) is 10.5. The zero-order valence-electron chi connectivity index (χ0n) is 17.0. The molecule has 1 amide bonds. The van der Waals surface area contributed by atoms with Crippen molar-refractivity contribution < 1.29 is 9.53 Å². The Kier molecular flexibility index (Phi) is 5.89. The van der Waals surface area contributed by atoms with Gasteiger partial charge in [0.15, 0.2) is 0 Å². The quantitative estimate of drug-likeness (QED) is 0.515. The number of nitrogens with one attached hydrogen (secondary N) is 1. The summed E-state index contributed by atoms with van der Waals surface area (Å²) in [6.45, 7) is -0.127. The Morgan fingerprint density at radius 3 is 2.35 bits per heavy atom. The van der Waals surface area contributed by atoms with E-state index in [1.165, 1.54) is 17.0 Å². The highest BCUT2D eigenvalue weighted by molar-refractivity contribution is 5.95. The number of nitrogens with zero attached hydrogens (tertiary/aromatic N) is 2. The number of benzene rings is 3. The Hall–Kier alpha value is -4.19. The first-order chi connectivity index (χ1) is 15.1. The van der Waals surface area contributed by atoms with Gasteiger partial charge in [0.2, 0.25) is 5.91 Å². The molecule has 6 nitrogen and oxygen atoms in total. The third-order valence-electron chi connectivity index (χ3n) is 4.87. The number of amides is 1. The minimum atomic E-state index is -0.301.